The SMILES string of the molecule is O=C(c1ccco1)N1CCC2(CC1)OCC[C@H]2CCOCc1cccnc1. The van der Waals surface area contributed by atoms with Crippen LogP contribution in [0.5, 0.6) is 0 Å². The topological polar surface area (TPSA) is 64.8 Å². The molecule has 6 heteroatoms. The molecule has 0 unspecified atom stereocenters. The highest BCUT2D eigenvalue weighted by atomic mass is 16.5. The van der Waals surface area contributed by atoms with Gasteiger partial charge in [-0.3, -0.25) is 9.78 Å². The van der Waals surface area contributed by atoms with Crippen LogP contribution < -0.4 is 0 Å². The maximum atomic E-state index is 12.5. The second kappa shape index (κ2) is 8.23. The molecule has 144 valence electrons. The van der Waals surface area contributed by atoms with Gasteiger partial charge in [-0.2, -0.15) is 0 Å². The van der Waals surface area contributed by atoms with Crippen molar-refractivity contribution in [1.82, 2.24) is 9.88 Å². The molecule has 1 atom stereocenters. The zero-order chi connectivity index (χ0) is 18.5. The third kappa shape index (κ3) is 4.06. The smallest absolute Gasteiger partial charge is 0.289 e. The summed E-state index contributed by atoms with van der Waals surface area (Å²) >= 11 is 0. The zero-order valence-corrected chi connectivity index (χ0v) is 15.5. The summed E-state index contributed by atoms with van der Waals surface area (Å²) in [6.45, 7) is 3.55. The summed E-state index contributed by atoms with van der Waals surface area (Å²) in [5.41, 5.74) is 0.997. The Balaban J connectivity index is 1.26. The molecular weight excluding hydrogens is 344 g/mol. The van der Waals surface area contributed by atoms with E-state index in [4.69, 9.17) is 13.9 Å². The van der Waals surface area contributed by atoms with Gasteiger partial charge >= 0.3 is 0 Å². The summed E-state index contributed by atoms with van der Waals surface area (Å²) in [4.78, 5) is 18.4. The second-order valence-corrected chi connectivity index (χ2v) is 7.37. The predicted octanol–water partition coefficient (Wildman–Crippen LogP) is 3.29. The molecule has 27 heavy (non-hydrogen) atoms. The number of likely N-dealkylation sites (tertiary alicyclic amines) is 1. The van der Waals surface area contributed by atoms with Gasteiger partial charge in [0.15, 0.2) is 5.76 Å². The summed E-state index contributed by atoms with van der Waals surface area (Å²) < 4.78 is 17.3. The van der Waals surface area contributed by atoms with Crippen LogP contribution >= 0.6 is 0 Å². The molecule has 0 radical (unpaired) electrons. The lowest BCUT2D eigenvalue weighted by atomic mass is 9.78. The minimum atomic E-state index is -0.0996. The van der Waals surface area contributed by atoms with Crippen molar-refractivity contribution in [2.45, 2.75) is 37.9 Å². The third-order valence-electron chi connectivity index (χ3n) is 5.83. The first-order chi connectivity index (χ1) is 13.3. The molecule has 2 fully saturated rings. The van der Waals surface area contributed by atoms with Crippen LogP contribution in [0.25, 0.3) is 0 Å². The van der Waals surface area contributed by atoms with Crippen molar-refractivity contribution < 1.29 is 18.7 Å². The molecule has 4 rings (SSSR count). The molecule has 6 nitrogen and oxygen atoms in total. The van der Waals surface area contributed by atoms with Gasteiger partial charge in [-0.15, -0.1) is 0 Å². The van der Waals surface area contributed by atoms with Crippen molar-refractivity contribution in [2.24, 2.45) is 5.92 Å². The van der Waals surface area contributed by atoms with Crippen molar-refractivity contribution in [3.05, 3.63) is 54.2 Å². The van der Waals surface area contributed by atoms with Crippen LogP contribution in [0.3, 0.4) is 0 Å². The van der Waals surface area contributed by atoms with E-state index in [9.17, 15) is 4.79 Å². The molecule has 0 saturated carbocycles. The quantitative estimate of drug-likeness (QED) is 0.730. The third-order valence-corrected chi connectivity index (χ3v) is 5.83. The van der Waals surface area contributed by atoms with Crippen LogP contribution in [0.4, 0.5) is 0 Å². The number of aromatic nitrogens is 1. The molecule has 1 spiro atoms. The van der Waals surface area contributed by atoms with E-state index in [0.717, 1.165) is 44.5 Å². The van der Waals surface area contributed by atoms with E-state index in [1.54, 1.807) is 24.6 Å². The van der Waals surface area contributed by atoms with Crippen LogP contribution in [-0.2, 0) is 16.1 Å². The lowest BCUT2D eigenvalue weighted by Crippen LogP contribution is -2.49. The van der Waals surface area contributed by atoms with Crippen molar-refractivity contribution in [3.8, 4) is 0 Å². The van der Waals surface area contributed by atoms with E-state index in [1.165, 1.54) is 0 Å². The Kier molecular flexibility index (Phi) is 5.55. The van der Waals surface area contributed by atoms with Gasteiger partial charge < -0.3 is 18.8 Å². The molecule has 2 saturated heterocycles. The van der Waals surface area contributed by atoms with Crippen molar-refractivity contribution >= 4 is 5.91 Å². The number of hydrogen-bond donors (Lipinski definition) is 0. The first-order valence-corrected chi connectivity index (χ1v) is 9.70. The molecule has 2 aromatic rings. The Morgan fingerprint density at radius 2 is 2.19 bits per heavy atom. The number of hydrogen-bond acceptors (Lipinski definition) is 5. The van der Waals surface area contributed by atoms with Crippen LogP contribution in [0, 0.1) is 5.92 Å². The van der Waals surface area contributed by atoms with Crippen LogP contribution in [-0.4, -0.2) is 47.7 Å². The molecular formula is C21H26N2O4. The van der Waals surface area contributed by atoms with E-state index >= 15 is 0 Å². The Bertz CT molecular complexity index is 724. The van der Waals surface area contributed by atoms with E-state index in [-0.39, 0.29) is 11.5 Å². The predicted molar refractivity (Wildman–Crippen MR) is 99.1 cm³/mol. The van der Waals surface area contributed by atoms with Gasteiger partial charge in [-0.1, -0.05) is 6.07 Å². The highest BCUT2D eigenvalue weighted by Crippen LogP contribution is 2.42. The Morgan fingerprint density at radius 1 is 1.30 bits per heavy atom. The summed E-state index contributed by atoms with van der Waals surface area (Å²) in [6, 6.07) is 7.43. The van der Waals surface area contributed by atoms with Gasteiger partial charge in [0.25, 0.3) is 5.91 Å². The fourth-order valence-corrected chi connectivity index (χ4v) is 4.29. The number of nitrogens with zero attached hydrogens (tertiary/aromatic N) is 2. The normalized spacial score (nSPS) is 21.6. The molecule has 0 aliphatic carbocycles. The van der Waals surface area contributed by atoms with Crippen LogP contribution in [0.1, 0.15) is 41.8 Å². The molecule has 0 N–H and O–H groups in total. The number of carbonyl (C=O) groups excluding carboxylic acids is 1. The molecule has 4 heterocycles. The van der Waals surface area contributed by atoms with Gasteiger partial charge in [0.05, 0.1) is 18.5 Å². The fraction of sp³-hybridized carbons (Fsp3) is 0.524. The highest BCUT2D eigenvalue weighted by molar-refractivity contribution is 5.91. The number of piperidine rings is 1. The monoisotopic (exact) mass is 370 g/mol. The number of ether oxygens (including phenoxy) is 2. The average molecular weight is 370 g/mol. The van der Waals surface area contributed by atoms with Gasteiger partial charge in [-0.05, 0) is 55.4 Å². The Labute approximate surface area is 159 Å². The minimum absolute atomic E-state index is 0.0239. The maximum absolute atomic E-state index is 12.5. The van der Waals surface area contributed by atoms with E-state index in [0.29, 0.717) is 31.4 Å². The summed E-state index contributed by atoms with van der Waals surface area (Å²) in [6.07, 6.45) is 8.98. The maximum Gasteiger partial charge on any atom is 0.289 e. The first kappa shape index (κ1) is 18.2. The number of pyridine rings is 1. The number of furan rings is 1. The van der Waals surface area contributed by atoms with E-state index in [1.807, 2.05) is 23.2 Å². The van der Waals surface area contributed by atoms with Crippen LogP contribution in [0.15, 0.2) is 47.3 Å². The molecule has 1 amide bonds. The molecule has 2 aromatic heterocycles. The Morgan fingerprint density at radius 3 is 2.93 bits per heavy atom. The number of amides is 1. The van der Waals surface area contributed by atoms with Gasteiger partial charge in [0.1, 0.15) is 0 Å². The lowest BCUT2D eigenvalue weighted by Gasteiger charge is -2.42. The van der Waals surface area contributed by atoms with Gasteiger partial charge in [0.2, 0.25) is 0 Å². The minimum Gasteiger partial charge on any atom is -0.459 e. The summed E-state index contributed by atoms with van der Waals surface area (Å²) in [5.74, 6) is 0.884. The zero-order valence-electron chi connectivity index (χ0n) is 15.5. The van der Waals surface area contributed by atoms with Crippen molar-refractivity contribution in [3.63, 3.8) is 0 Å². The van der Waals surface area contributed by atoms with Gasteiger partial charge in [-0.25, -0.2) is 0 Å². The lowest BCUT2D eigenvalue weighted by molar-refractivity contribution is -0.0677. The summed E-state index contributed by atoms with van der Waals surface area (Å²) in [5, 5.41) is 0. The van der Waals surface area contributed by atoms with Crippen molar-refractivity contribution in [1.29, 1.82) is 0 Å². The molecule has 2 aliphatic heterocycles. The Hall–Kier alpha value is -2.18. The average Bonchev–Trinajstić information content (AvgIpc) is 3.37. The molecule has 0 aromatic carbocycles. The van der Waals surface area contributed by atoms with Gasteiger partial charge in [0, 0.05) is 38.7 Å². The highest BCUT2D eigenvalue weighted by Gasteiger charge is 2.46. The van der Waals surface area contributed by atoms with Crippen molar-refractivity contribution in [2.75, 3.05) is 26.3 Å². The summed E-state index contributed by atoms with van der Waals surface area (Å²) in [7, 11) is 0. The van der Waals surface area contributed by atoms with E-state index < -0.39 is 0 Å². The van der Waals surface area contributed by atoms with Crippen LogP contribution in [0.2, 0.25) is 0 Å². The first-order valence-electron chi connectivity index (χ1n) is 9.70. The second-order valence-electron chi connectivity index (χ2n) is 7.37. The number of rotatable bonds is 6. The number of carbonyl (C=O) groups is 1. The fourth-order valence-electron chi connectivity index (χ4n) is 4.29. The standard InChI is InChI=1S/C21H26N2O4/c24-20(19-4-2-12-26-19)23-10-7-21(8-11-23)18(6-14-27-21)5-13-25-16-17-3-1-9-22-15-17/h1-4,9,12,15,18H,5-8,10-11,13-14,16H2/t18-/m1/s1. The molecule has 2 aliphatic rings. The molecule has 0 bridgehead atoms. The largest absolute Gasteiger partial charge is 0.459 e. The van der Waals surface area contributed by atoms with E-state index in [2.05, 4.69) is 4.98 Å².